The summed E-state index contributed by atoms with van der Waals surface area (Å²) >= 11 is 0. The van der Waals surface area contributed by atoms with Crippen molar-refractivity contribution in [3.05, 3.63) is 11.6 Å². The summed E-state index contributed by atoms with van der Waals surface area (Å²) in [4.78, 5) is 10.3. The van der Waals surface area contributed by atoms with Crippen LogP contribution in [0, 0.1) is 5.92 Å². The van der Waals surface area contributed by atoms with E-state index in [1.165, 1.54) is 5.57 Å². The quantitative estimate of drug-likeness (QED) is 0.643. The Kier molecular flexibility index (Phi) is 6.29. The third kappa shape index (κ3) is 9.12. The molecule has 2 heteroatoms. The van der Waals surface area contributed by atoms with E-state index in [9.17, 15) is 4.79 Å². The molecule has 1 N–H and O–H groups in total. The van der Waals surface area contributed by atoms with Crippen LogP contribution < -0.4 is 0 Å². The van der Waals surface area contributed by atoms with Crippen molar-refractivity contribution in [2.75, 3.05) is 0 Å². The molecule has 0 aliphatic rings. The fraction of sp³-hybridized carbons (Fsp3) is 0.727. The van der Waals surface area contributed by atoms with Gasteiger partial charge in [0.05, 0.1) is 0 Å². The van der Waals surface area contributed by atoms with Gasteiger partial charge in [-0.2, -0.15) is 0 Å². The van der Waals surface area contributed by atoms with E-state index >= 15 is 0 Å². The Balaban J connectivity index is 3.46. The topological polar surface area (TPSA) is 37.3 Å². The molecule has 0 rings (SSSR count). The molecule has 0 saturated heterocycles. The number of aliphatic carboxylic acids is 1. The van der Waals surface area contributed by atoms with Crippen LogP contribution in [0.15, 0.2) is 11.6 Å². The van der Waals surface area contributed by atoms with E-state index in [1.54, 1.807) is 0 Å². The van der Waals surface area contributed by atoms with Crippen molar-refractivity contribution >= 4 is 5.97 Å². The number of carboxylic acid groups (broad SMARTS) is 1. The monoisotopic (exact) mass is 184 g/mol. The second-order valence-electron chi connectivity index (χ2n) is 3.90. The van der Waals surface area contributed by atoms with Crippen molar-refractivity contribution in [3.63, 3.8) is 0 Å². The lowest BCUT2D eigenvalue weighted by molar-refractivity contribution is -0.137. The molecule has 76 valence electrons. The van der Waals surface area contributed by atoms with E-state index in [2.05, 4.69) is 26.8 Å². The van der Waals surface area contributed by atoms with Crippen LogP contribution in [0.2, 0.25) is 0 Å². The van der Waals surface area contributed by atoms with Crippen LogP contribution in [-0.2, 0) is 4.79 Å². The zero-order chi connectivity index (χ0) is 10.3. The van der Waals surface area contributed by atoms with Crippen LogP contribution in [0.4, 0.5) is 0 Å². The minimum Gasteiger partial charge on any atom is -0.481 e. The van der Waals surface area contributed by atoms with E-state index < -0.39 is 5.97 Å². The van der Waals surface area contributed by atoms with Crippen LogP contribution in [0.3, 0.4) is 0 Å². The molecule has 0 aromatic carbocycles. The highest BCUT2D eigenvalue weighted by atomic mass is 16.4. The Labute approximate surface area is 80.7 Å². The smallest absolute Gasteiger partial charge is 0.303 e. The van der Waals surface area contributed by atoms with Crippen molar-refractivity contribution in [2.45, 2.75) is 46.5 Å². The lowest BCUT2D eigenvalue weighted by Crippen LogP contribution is -2.00. The molecule has 0 radical (unpaired) electrons. The molecular weight excluding hydrogens is 164 g/mol. The fourth-order valence-corrected chi connectivity index (χ4v) is 1.17. The van der Waals surface area contributed by atoms with Gasteiger partial charge in [-0.1, -0.05) is 18.6 Å². The summed E-state index contributed by atoms with van der Waals surface area (Å²) in [7, 11) is 0. The molecule has 0 aromatic rings. The van der Waals surface area contributed by atoms with Gasteiger partial charge in [0, 0.05) is 6.42 Å². The second-order valence-corrected chi connectivity index (χ2v) is 3.90. The second kappa shape index (κ2) is 6.70. The molecule has 0 aliphatic carbocycles. The van der Waals surface area contributed by atoms with E-state index in [0.717, 1.165) is 19.3 Å². The average Bonchev–Trinajstić information content (AvgIpc) is 2.00. The van der Waals surface area contributed by atoms with Crippen molar-refractivity contribution in [1.29, 1.82) is 0 Å². The molecule has 0 heterocycles. The highest BCUT2D eigenvalue weighted by Crippen LogP contribution is 2.13. The molecule has 2 nitrogen and oxygen atoms in total. The first-order chi connectivity index (χ1) is 6.02. The summed E-state index contributed by atoms with van der Waals surface area (Å²) in [5.41, 5.74) is 1.34. The maximum Gasteiger partial charge on any atom is 0.303 e. The molecule has 0 saturated carbocycles. The Bertz CT molecular complexity index is 179. The molecule has 0 bridgehead atoms. The van der Waals surface area contributed by atoms with E-state index in [0.29, 0.717) is 12.3 Å². The third-order valence-corrected chi connectivity index (χ3v) is 2.06. The number of carboxylic acids is 1. The van der Waals surface area contributed by atoms with Gasteiger partial charge in [0.1, 0.15) is 0 Å². The molecule has 0 amide bonds. The summed E-state index contributed by atoms with van der Waals surface area (Å²) < 4.78 is 0. The minimum absolute atomic E-state index is 0.302. The SMILES string of the molecule is CC(C)=CCCC(C)CCC(=O)O. The minimum atomic E-state index is -0.686. The van der Waals surface area contributed by atoms with Gasteiger partial charge in [-0.3, -0.25) is 4.79 Å². The predicted molar refractivity (Wildman–Crippen MR) is 54.7 cm³/mol. The molecule has 0 aliphatic heterocycles. The number of hydrogen-bond acceptors (Lipinski definition) is 1. The maximum atomic E-state index is 10.3. The standard InChI is InChI=1S/C11H20O2/c1-9(2)5-4-6-10(3)7-8-11(12)13/h5,10H,4,6-8H2,1-3H3,(H,12,13). The van der Waals surface area contributed by atoms with Crippen molar-refractivity contribution in [2.24, 2.45) is 5.92 Å². The van der Waals surface area contributed by atoms with Crippen LogP contribution in [0.25, 0.3) is 0 Å². The van der Waals surface area contributed by atoms with Crippen LogP contribution in [0.1, 0.15) is 46.5 Å². The Morgan fingerprint density at radius 2 is 2.00 bits per heavy atom. The Morgan fingerprint density at radius 1 is 1.38 bits per heavy atom. The van der Waals surface area contributed by atoms with Crippen LogP contribution >= 0.6 is 0 Å². The van der Waals surface area contributed by atoms with Gasteiger partial charge in [-0.25, -0.2) is 0 Å². The summed E-state index contributed by atoms with van der Waals surface area (Å²) in [6.45, 7) is 6.28. The summed E-state index contributed by atoms with van der Waals surface area (Å²) in [6.07, 6.45) is 5.47. The van der Waals surface area contributed by atoms with E-state index in [4.69, 9.17) is 5.11 Å². The van der Waals surface area contributed by atoms with Crippen LogP contribution in [-0.4, -0.2) is 11.1 Å². The van der Waals surface area contributed by atoms with Gasteiger partial charge in [-0.05, 0) is 39.0 Å². The van der Waals surface area contributed by atoms with Gasteiger partial charge in [0.15, 0.2) is 0 Å². The zero-order valence-corrected chi connectivity index (χ0v) is 8.84. The summed E-state index contributed by atoms with van der Waals surface area (Å²) in [5, 5.41) is 8.46. The lowest BCUT2D eigenvalue weighted by atomic mass is 9.99. The number of rotatable bonds is 6. The lowest BCUT2D eigenvalue weighted by Gasteiger charge is -2.07. The van der Waals surface area contributed by atoms with Gasteiger partial charge in [-0.15, -0.1) is 0 Å². The fourth-order valence-electron chi connectivity index (χ4n) is 1.17. The molecule has 0 aromatic heterocycles. The van der Waals surface area contributed by atoms with Gasteiger partial charge in [0.2, 0.25) is 0 Å². The van der Waals surface area contributed by atoms with E-state index in [-0.39, 0.29) is 0 Å². The highest BCUT2D eigenvalue weighted by Gasteiger charge is 2.03. The molecule has 0 spiro atoms. The largest absolute Gasteiger partial charge is 0.481 e. The molecule has 0 fully saturated rings. The number of allylic oxidation sites excluding steroid dienone is 2. The first-order valence-electron chi connectivity index (χ1n) is 4.87. The first-order valence-corrected chi connectivity index (χ1v) is 4.87. The predicted octanol–water partition coefficient (Wildman–Crippen LogP) is 3.23. The van der Waals surface area contributed by atoms with Gasteiger partial charge in [0.25, 0.3) is 0 Å². The number of carbonyl (C=O) groups is 1. The normalized spacial score (nSPS) is 12.2. The molecule has 1 atom stereocenters. The Morgan fingerprint density at radius 3 is 2.46 bits per heavy atom. The van der Waals surface area contributed by atoms with Gasteiger partial charge >= 0.3 is 5.97 Å². The highest BCUT2D eigenvalue weighted by molar-refractivity contribution is 5.66. The van der Waals surface area contributed by atoms with Crippen molar-refractivity contribution in [1.82, 2.24) is 0 Å². The summed E-state index contributed by atoms with van der Waals surface area (Å²) in [6, 6.07) is 0. The third-order valence-electron chi connectivity index (χ3n) is 2.06. The van der Waals surface area contributed by atoms with E-state index in [1.807, 2.05) is 0 Å². The van der Waals surface area contributed by atoms with Crippen molar-refractivity contribution in [3.8, 4) is 0 Å². The molecule has 13 heavy (non-hydrogen) atoms. The molecule has 1 unspecified atom stereocenters. The van der Waals surface area contributed by atoms with Crippen molar-refractivity contribution < 1.29 is 9.90 Å². The Hall–Kier alpha value is -0.790. The van der Waals surface area contributed by atoms with Crippen LogP contribution in [0.5, 0.6) is 0 Å². The first kappa shape index (κ1) is 12.2. The zero-order valence-electron chi connectivity index (χ0n) is 8.84. The maximum absolute atomic E-state index is 10.3. The molecular formula is C11H20O2. The average molecular weight is 184 g/mol. The number of hydrogen-bond donors (Lipinski definition) is 1. The summed E-state index contributed by atoms with van der Waals surface area (Å²) in [5.74, 6) is -0.166. The van der Waals surface area contributed by atoms with Gasteiger partial charge < -0.3 is 5.11 Å².